The molecular weight excluding hydrogens is 308 g/mol. The van der Waals surface area contributed by atoms with Crippen molar-refractivity contribution in [3.05, 3.63) is 47.6 Å². The molecule has 0 fully saturated rings. The first-order chi connectivity index (χ1) is 10.3. The van der Waals surface area contributed by atoms with E-state index in [1.54, 1.807) is 24.3 Å². The molecular formula is C14H18N2O5S. The molecule has 1 aliphatic carbocycles. The van der Waals surface area contributed by atoms with Crippen molar-refractivity contribution in [3.8, 4) is 0 Å². The van der Waals surface area contributed by atoms with E-state index in [1.165, 1.54) is 19.2 Å². The minimum atomic E-state index is -4.02. The Morgan fingerprint density at radius 1 is 1.09 bits per heavy atom. The minimum absolute atomic E-state index is 0.112. The van der Waals surface area contributed by atoms with E-state index in [1.807, 2.05) is 0 Å². The zero-order chi connectivity index (χ0) is 16.6. The molecule has 0 heterocycles. The van der Waals surface area contributed by atoms with Gasteiger partial charge in [0.2, 0.25) is 0 Å². The summed E-state index contributed by atoms with van der Waals surface area (Å²) in [5.74, 6) is -1.07. The van der Waals surface area contributed by atoms with E-state index in [0.29, 0.717) is 11.1 Å². The number of rotatable bonds is 6. The van der Waals surface area contributed by atoms with Gasteiger partial charge in [0.1, 0.15) is 0 Å². The highest BCUT2D eigenvalue weighted by molar-refractivity contribution is 7.85. The van der Waals surface area contributed by atoms with Gasteiger partial charge in [-0.3, -0.25) is 14.1 Å². The number of likely N-dealkylation sites (N-methyl/N-ethyl adjacent to an activating group) is 1. The molecule has 0 bridgehead atoms. The molecule has 0 atom stereocenters. The zero-order valence-electron chi connectivity index (χ0n) is 12.1. The molecule has 1 rings (SSSR count). The number of allylic oxidation sites excluding steroid dienone is 4. The van der Waals surface area contributed by atoms with Crippen LogP contribution < -0.4 is 10.6 Å². The second-order valence-corrected chi connectivity index (χ2v) is 6.01. The van der Waals surface area contributed by atoms with Gasteiger partial charge in [0, 0.05) is 24.7 Å². The van der Waals surface area contributed by atoms with E-state index >= 15 is 0 Å². The average molecular weight is 326 g/mol. The molecule has 0 saturated heterocycles. The Bertz CT molecular complexity index is 657. The predicted octanol–water partition coefficient (Wildman–Crippen LogP) is 0.105. The normalized spacial score (nSPS) is 22.1. The van der Waals surface area contributed by atoms with Crippen LogP contribution in [-0.2, 0) is 19.7 Å². The van der Waals surface area contributed by atoms with Gasteiger partial charge in [0.05, 0.1) is 5.75 Å². The number of hydrogen-bond donors (Lipinski definition) is 3. The molecule has 0 aromatic heterocycles. The van der Waals surface area contributed by atoms with Crippen LogP contribution in [0.1, 0.15) is 6.42 Å². The summed E-state index contributed by atoms with van der Waals surface area (Å²) in [5, 5.41) is 5.03. The summed E-state index contributed by atoms with van der Waals surface area (Å²) < 4.78 is 29.7. The van der Waals surface area contributed by atoms with Crippen molar-refractivity contribution < 1.29 is 22.6 Å². The van der Waals surface area contributed by atoms with Crippen molar-refractivity contribution in [2.24, 2.45) is 0 Å². The fourth-order valence-electron chi connectivity index (χ4n) is 1.61. The molecule has 0 spiro atoms. The van der Waals surface area contributed by atoms with Gasteiger partial charge in [-0.2, -0.15) is 8.42 Å². The van der Waals surface area contributed by atoms with Crippen molar-refractivity contribution >= 4 is 21.9 Å². The van der Waals surface area contributed by atoms with E-state index in [0.717, 1.165) is 0 Å². The van der Waals surface area contributed by atoms with Crippen LogP contribution in [0.3, 0.4) is 0 Å². The highest BCUT2D eigenvalue weighted by Crippen LogP contribution is 2.07. The third-order valence-electron chi connectivity index (χ3n) is 2.72. The third-order valence-corrected chi connectivity index (χ3v) is 3.53. The fraction of sp³-hybridized carbons (Fsp3) is 0.286. The maximum absolute atomic E-state index is 11.9. The standard InChI is InChI=1S/C14H18N2O5S/c1-15-13(17)11-5-2-3-6-12(8-7-11)14(18)16-9-4-10-22(19,20)21/h2-3,5-8H,4,9-10H2,1H3,(H,15,17)(H,16,18)(H,19,20,21)/b3-2?,5-2-,6-3-,8-7?,11-5?,11-7+,12-6?,12-8+. The topological polar surface area (TPSA) is 113 Å². The largest absolute Gasteiger partial charge is 0.355 e. The molecule has 3 N–H and O–H groups in total. The summed E-state index contributed by atoms with van der Waals surface area (Å²) in [7, 11) is -2.51. The molecule has 8 heteroatoms. The van der Waals surface area contributed by atoms with E-state index < -0.39 is 21.8 Å². The monoisotopic (exact) mass is 326 g/mol. The molecule has 0 aromatic rings. The molecule has 1 aliphatic rings. The molecule has 0 aromatic carbocycles. The Kier molecular flexibility index (Phi) is 6.74. The average Bonchev–Trinajstić information content (AvgIpc) is 2.41. The summed E-state index contributed by atoms with van der Waals surface area (Å²) in [6.45, 7) is 0.117. The lowest BCUT2D eigenvalue weighted by Crippen LogP contribution is -2.27. The predicted molar refractivity (Wildman–Crippen MR) is 82.6 cm³/mol. The second-order valence-electron chi connectivity index (χ2n) is 4.44. The summed E-state index contributed by atoms with van der Waals surface area (Å²) in [4.78, 5) is 23.5. The quantitative estimate of drug-likeness (QED) is 0.473. The lowest BCUT2D eigenvalue weighted by Gasteiger charge is -2.06. The van der Waals surface area contributed by atoms with Gasteiger partial charge in [-0.1, -0.05) is 12.2 Å². The summed E-state index contributed by atoms with van der Waals surface area (Å²) in [5.41, 5.74) is 0.737. The lowest BCUT2D eigenvalue weighted by atomic mass is 10.1. The number of carbonyl (C=O) groups is 2. The van der Waals surface area contributed by atoms with Gasteiger partial charge in [-0.25, -0.2) is 0 Å². The van der Waals surface area contributed by atoms with Crippen LogP contribution in [0.15, 0.2) is 47.6 Å². The van der Waals surface area contributed by atoms with Gasteiger partial charge in [0.25, 0.3) is 21.9 Å². The Morgan fingerprint density at radius 3 is 2.14 bits per heavy atom. The van der Waals surface area contributed by atoms with Crippen LogP contribution in [0.2, 0.25) is 0 Å². The molecule has 22 heavy (non-hydrogen) atoms. The van der Waals surface area contributed by atoms with Gasteiger partial charge >= 0.3 is 0 Å². The van der Waals surface area contributed by atoms with Crippen LogP contribution >= 0.6 is 0 Å². The first kappa shape index (κ1) is 17.9. The minimum Gasteiger partial charge on any atom is -0.355 e. The van der Waals surface area contributed by atoms with Crippen molar-refractivity contribution in [2.45, 2.75) is 6.42 Å². The Balaban J connectivity index is 2.66. The highest BCUT2D eigenvalue weighted by Gasteiger charge is 2.09. The van der Waals surface area contributed by atoms with Crippen LogP contribution in [-0.4, -0.2) is 44.1 Å². The molecule has 7 nitrogen and oxygen atoms in total. The third kappa shape index (κ3) is 6.51. The van der Waals surface area contributed by atoms with Crippen LogP contribution in [0.4, 0.5) is 0 Å². The summed E-state index contributed by atoms with van der Waals surface area (Å²) in [6, 6.07) is 0. The number of amides is 2. The zero-order valence-corrected chi connectivity index (χ0v) is 12.9. The molecule has 2 amide bonds. The SMILES string of the molecule is CNC(=O)C1=C/C=C(C(=O)NCCCS(=O)(=O)O)\C=C/C=C\1. The molecule has 0 aliphatic heterocycles. The number of hydrogen-bond acceptors (Lipinski definition) is 4. The van der Waals surface area contributed by atoms with Gasteiger partial charge in [-0.15, -0.1) is 0 Å². The van der Waals surface area contributed by atoms with Crippen molar-refractivity contribution in [2.75, 3.05) is 19.3 Å². The molecule has 0 radical (unpaired) electrons. The van der Waals surface area contributed by atoms with Crippen molar-refractivity contribution in [3.63, 3.8) is 0 Å². The summed E-state index contributed by atoms with van der Waals surface area (Å²) in [6.07, 6.45) is 9.59. The van der Waals surface area contributed by atoms with E-state index in [4.69, 9.17) is 4.55 Å². The first-order valence-electron chi connectivity index (χ1n) is 6.55. The smallest absolute Gasteiger partial charge is 0.264 e. The maximum Gasteiger partial charge on any atom is 0.264 e. The lowest BCUT2D eigenvalue weighted by molar-refractivity contribution is -0.117. The summed E-state index contributed by atoms with van der Waals surface area (Å²) >= 11 is 0. The maximum atomic E-state index is 11.9. The molecule has 0 saturated carbocycles. The van der Waals surface area contributed by atoms with Crippen molar-refractivity contribution in [1.82, 2.24) is 10.6 Å². The number of nitrogens with one attached hydrogen (secondary N) is 2. The molecule has 0 unspecified atom stereocenters. The van der Waals surface area contributed by atoms with Crippen molar-refractivity contribution in [1.29, 1.82) is 0 Å². The van der Waals surface area contributed by atoms with E-state index in [2.05, 4.69) is 10.6 Å². The van der Waals surface area contributed by atoms with Crippen LogP contribution in [0, 0.1) is 0 Å². The first-order valence-corrected chi connectivity index (χ1v) is 8.16. The van der Waals surface area contributed by atoms with Gasteiger partial charge < -0.3 is 10.6 Å². The van der Waals surface area contributed by atoms with E-state index in [-0.39, 0.29) is 18.9 Å². The molecule has 120 valence electrons. The highest BCUT2D eigenvalue weighted by atomic mass is 32.2. The fourth-order valence-corrected chi connectivity index (χ4v) is 2.12. The van der Waals surface area contributed by atoms with Gasteiger partial charge in [-0.05, 0) is 30.7 Å². The van der Waals surface area contributed by atoms with E-state index in [9.17, 15) is 18.0 Å². The Morgan fingerprint density at radius 2 is 1.64 bits per heavy atom. The van der Waals surface area contributed by atoms with Gasteiger partial charge in [0.15, 0.2) is 0 Å². The Labute approximate surface area is 129 Å². The van der Waals surface area contributed by atoms with Crippen LogP contribution in [0.25, 0.3) is 0 Å². The number of carbonyl (C=O) groups excluding carboxylic acids is 2. The second kappa shape index (κ2) is 8.30. The Hall–Kier alpha value is -2.19. The van der Waals surface area contributed by atoms with Crippen LogP contribution in [0.5, 0.6) is 0 Å².